The summed E-state index contributed by atoms with van der Waals surface area (Å²) in [5, 5.41) is 59.1. The number of hydrogen-bond donors (Lipinski definition) is 8. The lowest BCUT2D eigenvalue weighted by molar-refractivity contribution is -0.144. The number of aliphatic hydroxyl groups excluding tert-OH is 2. The highest BCUT2D eigenvalue weighted by molar-refractivity contribution is 5.74. The van der Waals surface area contributed by atoms with Gasteiger partial charge in [-0.25, -0.2) is 0 Å². The molecule has 8 atom stereocenters. The van der Waals surface area contributed by atoms with Crippen molar-refractivity contribution < 1.29 is 49.3 Å². The zero-order valence-corrected chi connectivity index (χ0v) is 29.3. The molecule has 1 aliphatic carbocycles. The van der Waals surface area contributed by atoms with Crippen molar-refractivity contribution in [3.8, 4) is 28.7 Å². The SMILES string of the molecule is CCNC(COc1cc(C2OC(CCc3ccc(O)c(OC)c3)CC(O)C2CCO)cc(OC)c1O)C1C(C(=O)O)C=CC1C1=CCNC(N)=C1. The van der Waals surface area contributed by atoms with Gasteiger partial charge >= 0.3 is 5.97 Å². The topological polar surface area (TPSA) is 205 Å². The Morgan fingerprint density at radius 3 is 2.55 bits per heavy atom. The van der Waals surface area contributed by atoms with Gasteiger partial charge in [-0.3, -0.25) is 4.79 Å². The Hall–Kier alpha value is -4.43. The molecule has 3 aliphatic rings. The minimum Gasteiger partial charge on any atom is -0.504 e. The summed E-state index contributed by atoms with van der Waals surface area (Å²) >= 11 is 0. The van der Waals surface area contributed by atoms with Crippen LogP contribution >= 0.6 is 0 Å². The standard InChI is InChI=1S/C38H51N3O10/c1-4-40-28(35-25(8-9-27(35)38(46)47)22-11-13-41-34(39)18-22)20-50-33-17-23(16-32(49-3)36(33)45)37-26(12-14-42)30(44)19-24(51-37)7-5-21-6-10-29(43)31(15-21)48-2/h6,8-11,15-18,24-28,30,35,37,40-45H,4-5,7,12-14,19-20,39H2,1-3H3,(H,46,47). The fourth-order valence-corrected chi connectivity index (χ4v) is 7.61. The van der Waals surface area contributed by atoms with Crippen LogP contribution in [0.5, 0.6) is 28.7 Å². The smallest absolute Gasteiger partial charge is 0.310 e. The summed E-state index contributed by atoms with van der Waals surface area (Å²) in [5.74, 6) is -1.84. The van der Waals surface area contributed by atoms with Crippen molar-refractivity contribution >= 4 is 5.97 Å². The molecule has 0 amide bonds. The monoisotopic (exact) mass is 709 g/mol. The highest BCUT2D eigenvalue weighted by Crippen LogP contribution is 2.46. The number of benzene rings is 2. The van der Waals surface area contributed by atoms with Gasteiger partial charge in [0.15, 0.2) is 23.0 Å². The number of rotatable bonds is 16. The Morgan fingerprint density at radius 1 is 1.10 bits per heavy atom. The fraction of sp³-hybridized carbons (Fsp3) is 0.500. The summed E-state index contributed by atoms with van der Waals surface area (Å²) in [6, 6.07) is 8.04. The van der Waals surface area contributed by atoms with Crippen molar-refractivity contribution in [3.05, 3.63) is 77.2 Å². The van der Waals surface area contributed by atoms with E-state index in [1.807, 2.05) is 31.2 Å². The molecule has 13 nitrogen and oxygen atoms in total. The van der Waals surface area contributed by atoms with E-state index in [2.05, 4.69) is 10.6 Å². The van der Waals surface area contributed by atoms with Crippen molar-refractivity contribution in [1.82, 2.24) is 10.6 Å². The largest absolute Gasteiger partial charge is 0.504 e. The van der Waals surface area contributed by atoms with Crippen LogP contribution in [0.4, 0.5) is 0 Å². The third kappa shape index (κ3) is 8.73. The number of dihydropyridines is 1. The molecule has 1 saturated heterocycles. The van der Waals surface area contributed by atoms with Crippen molar-refractivity contribution in [2.75, 3.05) is 40.5 Å². The number of aliphatic carboxylic acids is 1. The van der Waals surface area contributed by atoms with Crippen molar-refractivity contribution in [3.63, 3.8) is 0 Å². The second-order valence-corrected chi connectivity index (χ2v) is 13.3. The maximum atomic E-state index is 12.4. The number of likely N-dealkylation sites (N-methyl/N-ethyl adjacent to an activating group) is 1. The molecule has 278 valence electrons. The van der Waals surface area contributed by atoms with Gasteiger partial charge in [-0.2, -0.15) is 0 Å². The lowest BCUT2D eigenvalue weighted by Crippen LogP contribution is -2.47. The Labute approximate surface area is 298 Å². The van der Waals surface area contributed by atoms with Crippen LogP contribution in [-0.2, 0) is 16.0 Å². The molecule has 1 fully saturated rings. The first-order valence-electron chi connectivity index (χ1n) is 17.5. The second-order valence-electron chi connectivity index (χ2n) is 13.3. The average molecular weight is 710 g/mol. The molecular formula is C38H51N3O10. The quantitative estimate of drug-likeness (QED) is 0.118. The molecule has 13 heteroatoms. The molecule has 9 N–H and O–H groups in total. The number of phenolic OH excluding ortho intramolecular Hbond substituents is 2. The third-order valence-electron chi connectivity index (χ3n) is 10.1. The van der Waals surface area contributed by atoms with Gasteiger partial charge in [-0.1, -0.05) is 31.2 Å². The number of methoxy groups -OCH3 is 2. The highest BCUT2D eigenvalue weighted by atomic mass is 16.5. The number of carbonyl (C=O) groups is 1. The number of nitrogens with one attached hydrogen (secondary N) is 2. The average Bonchev–Trinajstić information content (AvgIpc) is 3.57. The van der Waals surface area contributed by atoms with Gasteiger partial charge in [0.05, 0.1) is 44.3 Å². The van der Waals surface area contributed by atoms with E-state index in [4.69, 9.17) is 24.7 Å². The molecule has 8 unspecified atom stereocenters. The van der Waals surface area contributed by atoms with Gasteiger partial charge in [0, 0.05) is 36.9 Å². The van der Waals surface area contributed by atoms with Crippen LogP contribution in [0.1, 0.15) is 43.4 Å². The molecule has 2 aromatic carbocycles. The predicted molar refractivity (Wildman–Crippen MR) is 190 cm³/mol. The summed E-state index contributed by atoms with van der Waals surface area (Å²) in [6.45, 7) is 2.89. The van der Waals surface area contributed by atoms with Gasteiger partial charge in [0.25, 0.3) is 0 Å². The number of nitrogens with two attached hydrogens (primary N) is 1. The number of hydrogen-bond acceptors (Lipinski definition) is 12. The van der Waals surface area contributed by atoms with E-state index in [9.17, 15) is 30.3 Å². The Kier molecular flexibility index (Phi) is 12.7. The molecule has 51 heavy (non-hydrogen) atoms. The van der Waals surface area contributed by atoms with E-state index in [1.165, 1.54) is 14.2 Å². The molecule has 2 aliphatic heterocycles. The summed E-state index contributed by atoms with van der Waals surface area (Å²) in [6.07, 6.45) is 7.53. The van der Waals surface area contributed by atoms with Gasteiger partial charge in [-0.05, 0) is 79.3 Å². The molecule has 2 heterocycles. The molecular weight excluding hydrogens is 658 g/mol. The molecule has 0 aromatic heterocycles. The number of ether oxygens (including phenoxy) is 4. The molecule has 0 spiro atoms. The van der Waals surface area contributed by atoms with E-state index < -0.39 is 42.0 Å². The number of carboxylic acid groups (broad SMARTS) is 1. The summed E-state index contributed by atoms with van der Waals surface area (Å²) < 4.78 is 23.7. The van der Waals surface area contributed by atoms with Gasteiger partial charge in [-0.15, -0.1) is 0 Å². The number of carboxylic acids is 1. The first-order chi connectivity index (χ1) is 24.6. The van der Waals surface area contributed by atoms with Gasteiger partial charge in [0.1, 0.15) is 6.61 Å². The summed E-state index contributed by atoms with van der Waals surface area (Å²) in [4.78, 5) is 12.4. The fourth-order valence-electron chi connectivity index (χ4n) is 7.61. The lowest BCUT2D eigenvalue weighted by atomic mass is 9.78. The van der Waals surface area contributed by atoms with Crippen molar-refractivity contribution in [2.45, 2.75) is 57.0 Å². The lowest BCUT2D eigenvalue weighted by Gasteiger charge is -2.40. The first kappa shape index (κ1) is 37.8. The molecule has 2 aromatic rings. The van der Waals surface area contributed by atoms with Crippen molar-refractivity contribution in [2.24, 2.45) is 29.4 Å². The minimum atomic E-state index is -0.943. The summed E-state index contributed by atoms with van der Waals surface area (Å²) in [7, 11) is 2.92. The van der Waals surface area contributed by atoms with E-state index >= 15 is 0 Å². The number of aromatic hydroxyl groups is 2. The van der Waals surface area contributed by atoms with Crippen molar-refractivity contribution in [1.29, 1.82) is 0 Å². The van der Waals surface area contributed by atoms with Gasteiger partial charge < -0.3 is 60.8 Å². The molecule has 5 rings (SSSR count). The van der Waals surface area contributed by atoms with Crippen LogP contribution < -0.4 is 30.6 Å². The van der Waals surface area contributed by atoms with E-state index in [0.29, 0.717) is 49.5 Å². The maximum absolute atomic E-state index is 12.4. The Morgan fingerprint density at radius 2 is 1.86 bits per heavy atom. The van der Waals surface area contributed by atoms with Crippen LogP contribution in [0, 0.1) is 23.7 Å². The Bertz CT molecular complexity index is 1610. The Balaban J connectivity index is 1.40. The van der Waals surface area contributed by atoms with E-state index in [-0.39, 0.29) is 54.7 Å². The number of aliphatic hydroxyl groups is 2. The zero-order valence-electron chi connectivity index (χ0n) is 29.3. The number of phenols is 2. The van der Waals surface area contributed by atoms with Crippen LogP contribution in [-0.4, -0.2) is 90.3 Å². The van der Waals surface area contributed by atoms with Crippen LogP contribution in [0.3, 0.4) is 0 Å². The van der Waals surface area contributed by atoms with E-state index in [0.717, 1.165) is 11.1 Å². The third-order valence-corrected chi connectivity index (χ3v) is 10.1. The molecule has 0 saturated carbocycles. The number of allylic oxidation sites excluding steroid dienone is 3. The maximum Gasteiger partial charge on any atom is 0.310 e. The summed E-state index contributed by atoms with van der Waals surface area (Å²) in [5.41, 5.74) is 8.52. The van der Waals surface area contributed by atoms with E-state index in [1.54, 1.807) is 30.3 Å². The molecule has 0 bridgehead atoms. The van der Waals surface area contributed by atoms with Crippen LogP contribution in [0.15, 0.2) is 66.0 Å². The normalized spacial score (nSPS) is 26.5. The first-order valence-corrected chi connectivity index (χ1v) is 17.5. The van der Waals surface area contributed by atoms with Gasteiger partial charge in [0.2, 0.25) is 5.75 Å². The highest BCUT2D eigenvalue weighted by Gasteiger charge is 2.43. The van der Waals surface area contributed by atoms with Crippen LogP contribution in [0.2, 0.25) is 0 Å². The second kappa shape index (κ2) is 17.2. The molecule has 0 radical (unpaired) electrons. The number of aryl methyl sites for hydroxylation is 1. The zero-order chi connectivity index (χ0) is 36.7. The van der Waals surface area contributed by atoms with Crippen LogP contribution in [0.25, 0.3) is 0 Å². The minimum absolute atomic E-state index is 0.0261. The predicted octanol–water partition coefficient (Wildman–Crippen LogP) is 3.13.